The minimum absolute atomic E-state index is 0.0450. The summed E-state index contributed by atoms with van der Waals surface area (Å²) in [5.41, 5.74) is 2.31. The summed E-state index contributed by atoms with van der Waals surface area (Å²) >= 11 is 3.92. The number of ether oxygens (including phenoxy) is 2. The largest absolute Gasteiger partial charge is 0.396 e. The van der Waals surface area contributed by atoms with Crippen molar-refractivity contribution in [2.24, 2.45) is 0 Å². The highest BCUT2D eigenvalue weighted by Crippen LogP contribution is 2.37. The molecule has 2 atom stereocenters. The lowest BCUT2D eigenvalue weighted by Crippen LogP contribution is -2.40. The zero-order valence-electron chi connectivity index (χ0n) is 15.5. The lowest BCUT2D eigenvalue weighted by atomic mass is 10.1. The first kappa shape index (κ1) is 20.7. The summed E-state index contributed by atoms with van der Waals surface area (Å²) in [6, 6.07) is 20.5. The van der Waals surface area contributed by atoms with Gasteiger partial charge in [-0.05, 0) is 35.5 Å². The molecule has 146 valence electrons. The SMILES string of the molecule is OCC[C@H](OCc1ccccc1)[C@@H](OCc1ccccc1)C1SCCCS1. The van der Waals surface area contributed by atoms with Gasteiger partial charge in [0, 0.05) is 6.61 Å². The molecule has 0 amide bonds. The van der Waals surface area contributed by atoms with Crippen molar-refractivity contribution in [3.05, 3.63) is 71.8 Å². The molecule has 3 rings (SSSR count). The van der Waals surface area contributed by atoms with Crippen LogP contribution in [0.4, 0.5) is 0 Å². The molecule has 2 aromatic rings. The predicted octanol–water partition coefficient (Wildman–Crippen LogP) is 4.74. The van der Waals surface area contributed by atoms with Crippen molar-refractivity contribution in [1.29, 1.82) is 0 Å². The van der Waals surface area contributed by atoms with Gasteiger partial charge in [-0.15, -0.1) is 23.5 Å². The molecule has 0 radical (unpaired) electrons. The van der Waals surface area contributed by atoms with Crippen LogP contribution >= 0.6 is 23.5 Å². The van der Waals surface area contributed by atoms with Crippen molar-refractivity contribution in [3.63, 3.8) is 0 Å². The number of aliphatic hydroxyl groups excluding tert-OH is 1. The smallest absolute Gasteiger partial charge is 0.105 e. The van der Waals surface area contributed by atoms with Crippen LogP contribution in [0.15, 0.2) is 60.7 Å². The van der Waals surface area contributed by atoms with E-state index >= 15 is 0 Å². The van der Waals surface area contributed by atoms with Crippen LogP contribution in [0.5, 0.6) is 0 Å². The Kier molecular flexibility index (Phi) is 9.04. The second-order valence-electron chi connectivity index (χ2n) is 6.57. The van der Waals surface area contributed by atoms with Crippen LogP contribution < -0.4 is 0 Å². The standard InChI is InChI=1S/C22H28O3S2/c23-13-12-20(24-16-18-8-3-1-4-9-18)21(22-26-14-7-15-27-22)25-17-19-10-5-2-6-11-19/h1-6,8-11,20-23H,7,12-17H2/t20-,21+/m0/s1. The quantitative estimate of drug-likeness (QED) is 0.619. The molecule has 3 nitrogen and oxygen atoms in total. The maximum atomic E-state index is 9.62. The van der Waals surface area contributed by atoms with Crippen molar-refractivity contribution in [2.75, 3.05) is 18.1 Å². The Morgan fingerprint density at radius 3 is 1.96 bits per heavy atom. The third-order valence-electron chi connectivity index (χ3n) is 4.49. The minimum atomic E-state index is -0.123. The molecule has 1 N–H and O–H groups in total. The zero-order chi connectivity index (χ0) is 18.7. The second kappa shape index (κ2) is 11.8. The van der Waals surface area contributed by atoms with Crippen LogP contribution in [0, 0.1) is 0 Å². The molecule has 1 aliphatic heterocycles. The van der Waals surface area contributed by atoms with E-state index in [0.29, 0.717) is 24.2 Å². The lowest BCUT2D eigenvalue weighted by Gasteiger charge is -2.34. The molecule has 1 aliphatic rings. The van der Waals surface area contributed by atoms with Gasteiger partial charge in [-0.1, -0.05) is 60.7 Å². The highest BCUT2D eigenvalue weighted by Gasteiger charge is 2.33. The topological polar surface area (TPSA) is 38.7 Å². The Morgan fingerprint density at radius 1 is 0.852 bits per heavy atom. The molecule has 1 heterocycles. The zero-order valence-corrected chi connectivity index (χ0v) is 17.2. The van der Waals surface area contributed by atoms with Gasteiger partial charge < -0.3 is 14.6 Å². The number of hydrogen-bond donors (Lipinski definition) is 1. The van der Waals surface area contributed by atoms with Crippen LogP contribution in [0.1, 0.15) is 24.0 Å². The first-order valence-electron chi connectivity index (χ1n) is 9.52. The summed E-state index contributed by atoms with van der Waals surface area (Å²) in [5, 5.41) is 9.62. The number of aliphatic hydroxyl groups is 1. The lowest BCUT2D eigenvalue weighted by molar-refractivity contribution is -0.0857. The fraction of sp³-hybridized carbons (Fsp3) is 0.455. The maximum Gasteiger partial charge on any atom is 0.105 e. The summed E-state index contributed by atoms with van der Waals surface area (Å²) in [5.74, 6) is 2.32. The average Bonchev–Trinajstić information content (AvgIpc) is 2.74. The Labute approximate surface area is 170 Å². The van der Waals surface area contributed by atoms with Crippen molar-refractivity contribution in [2.45, 2.75) is 42.8 Å². The Morgan fingerprint density at radius 2 is 1.41 bits per heavy atom. The molecule has 0 saturated carbocycles. The maximum absolute atomic E-state index is 9.62. The Bertz CT molecular complexity index is 633. The van der Waals surface area contributed by atoms with Gasteiger partial charge in [0.05, 0.1) is 23.9 Å². The highest BCUT2D eigenvalue weighted by atomic mass is 32.2. The van der Waals surface area contributed by atoms with Crippen molar-refractivity contribution in [1.82, 2.24) is 0 Å². The van der Waals surface area contributed by atoms with E-state index in [-0.39, 0.29) is 18.8 Å². The van der Waals surface area contributed by atoms with Crippen molar-refractivity contribution in [3.8, 4) is 0 Å². The molecule has 0 aromatic heterocycles. The summed E-state index contributed by atoms with van der Waals surface area (Å²) in [4.78, 5) is 0. The van der Waals surface area contributed by atoms with E-state index in [1.54, 1.807) is 0 Å². The van der Waals surface area contributed by atoms with Gasteiger partial charge in [-0.25, -0.2) is 0 Å². The van der Waals surface area contributed by atoms with Gasteiger partial charge in [0.2, 0.25) is 0 Å². The van der Waals surface area contributed by atoms with E-state index in [9.17, 15) is 5.11 Å². The predicted molar refractivity (Wildman–Crippen MR) is 115 cm³/mol. The fourth-order valence-corrected chi connectivity index (χ4v) is 6.19. The third kappa shape index (κ3) is 6.84. The van der Waals surface area contributed by atoms with Gasteiger partial charge in [0.25, 0.3) is 0 Å². The first-order chi connectivity index (χ1) is 13.4. The molecule has 0 spiro atoms. The van der Waals surface area contributed by atoms with E-state index in [0.717, 1.165) is 17.1 Å². The van der Waals surface area contributed by atoms with Gasteiger partial charge >= 0.3 is 0 Å². The monoisotopic (exact) mass is 404 g/mol. The van der Waals surface area contributed by atoms with Crippen LogP contribution in [-0.2, 0) is 22.7 Å². The van der Waals surface area contributed by atoms with Crippen LogP contribution in [0.2, 0.25) is 0 Å². The summed E-state index contributed by atoms with van der Waals surface area (Å²) in [6.45, 7) is 1.21. The van der Waals surface area contributed by atoms with Gasteiger partial charge in [-0.2, -0.15) is 0 Å². The number of thioether (sulfide) groups is 2. The second-order valence-corrected chi connectivity index (χ2v) is 9.37. The average molecular weight is 405 g/mol. The van der Waals surface area contributed by atoms with Crippen LogP contribution in [0.3, 0.4) is 0 Å². The van der Waals surface area contributed by atoms with Crippen LogP contribution in [0.25, 0.3) is 0 Å². The van der Waals surface area contributed by atoms with Gasteiger partial charge in [0.1, 0.15) is 6.10 Å². The molecule has 0 unspecified atom stereocenters. The normalized spacial score (nSPS) is 17.5. The molecule has 0 aliphatic carbocycles. The number of hydrogen-bond acceptors (Lipinski definition) is 5. The first-order valence-corrected chi connectivity index (χ1v) is 11.6. The van der Waals surface area contributed by atoms with E-state index < -0.39 is 0 Å². The van der Waals surface area contributed by atoms with E-state index in [4.69, 9.17) is 9.47 Å². The summed E-state index contributed by atoms with van der Waals surface area (Å²) in [6.07, 6.45) is 1.66. The molecular formula is C22H28O3S2. The summed E-state index contributed by atoms with van der Waals surface area (Å²) < 4.78 is 13.0. The number of rotatable bonds is 10. The molecule has 1 fully saturated rings. The Hall–Kier alpha value is -0.980. The molecule has 27 heavy (non-hydrogen) atoms. The van der Waals surface area contributed by atoms with Gasteiger partial charge in [-0.3, -0.25) is 0 Å². The molecule has 1 saturated heterocycles. The van der Waals surface area contributed by atoms with Crippen molar-refractivity contribution >= 4 is 23.5 Å². The Balaban J connectivity index is 1.68. The van der Waals surface area contributed by atoms with Gasteiger partial charge in [0.15, 0.2) is 0 Å². The van der Waals surface area contributed by atoms with E-state index in [2.05, 4.69) is 24.3 Å². The highest BCUT2D eigenvalue weighted by molar-refractivity contribution is 8.17. The summed E-state index contributed by atoms with van der Waals surface area (Å²) in [7, 11) is 0. The van der Waals surface area contributed by atoms with Crippen molar-refractivity contribution < 1.29 is 14.6 Å². The van der Waals surface area contributed by atoms with E-state index in [1.165, 1.54) is 12.0 Å². The fourth-order valence-electron chi connectivity index (χ4n) is 3.07. The van der Waals surface area contributed by atoms with E-state index in [1.807, 2.05) is 59.9 Å². The molecule has 2 aromatic carbocycles. The molecular weight excluding hydrogens is 376 g/mol. The molecule has 0 bridgehead atoms. The number of benzene rings is 2. The molecule has 5 heteroatoms. The minimum Gasteiger partial charge on any atom is -0.396 e. The van der Waals surface area contributed by atoms with Crippen LogP contribution in [-0.4, -0.2) is 40.0 Å². The third-order valence-corrected chi connectivity index (χ3v) is 7.55.